The number of Topliss-reactive ketones (excluding diaryl/α,β-unsaturated/α-hetero) is 2. The maximum atomic E-state index is 12.3. The largest absolute Gasteiger partial charge is 0.382 e. The molecule has 0 radical (unpaired) electrons. The van der Waals surface area contributed by atoms with E-state index >= 15 is 0 Å². The molecule has 2 aromatic carbocycles. The topological polar surface area (TPSA) is 54.4 Å². The van der Waals surface area contributed by atoms with E-state index in [1.54, 1.807) is 48.5 Å². The van der Waals surface area contributed by atoms with Crippen molar-refractivity contribution < 1.29 is 14.7 Å². The average Bonchev–Trinajstić information content (AvgIpc) is 2.53. The van der Waals surface area contributed by atoms with E-state index in [1.165, 1.54) is 6.92 Å². The summed E-state index contributed by atoms with van der Waals surface area (Å²) in [7, 11) is 0. The van der Waals surface area contributed by atoms with E-state index in [2.05, 4.69) is 0 Å². The van der Waals surface area contributed by atoms with Gasteiger partial charge in [-0.3, -0.25) is 9.59 Å². The number of hydrogen-bond donors (Lipinski definition) is 1. The van der Waals surface area contributed by atoms with Crippen LogP contribution in [-0.2, 0) is 0 Å². The first-order valence-corrected chi connectivity index (χ1v) is 6.91. The van der Waals surface area contributed by atoms with Gasteiger partial charge in [0.2, 0.25) is 0 Å². The Kier molecular flexibility index (Phi) is 4.66. The van der Waals surface area contributed by atoms with Gasteiger partial charge in [0.1, 0.15) is 5.60 Å². The van der Waals surface area contributed by atoms with Crippen molar-refractivity contribution >= 4 is 11.6 Å². The van der Waals surface area contributed by atoms with Crippen molar-refractivity contribution in [3.8, 4) is 0 Å². The first-order valence-electron chi connectivity index (χ1n) is 6.91. The van der Waals surface area contributed by atoms with Crippen molar-refractivity contribution in [1.29, 1.82) is 0 Å². The van der Waals surface area contributed by atoms with Gasteiger partial charge >= 0.3 is 0 Å². The number of aliphatic hydroxyl groups is 1. The Labute approximate surface area is 124 Å². The Hall–Kier alpha value is -2.26. The Balaban J connectivity index is 2.01. The van der Waals surface area contributed by atoms with Crippen LogP contribution in [0, 0.1) is 0 Å². The van der Waals surface area contributed by atoms with E-state index in [0.29, 0.717) is 11.1 Å². The van der Waals surface area contributed by atoms with Crippen LogP contribution in [0.15, 0.2) is 60.7 Å². The summed E-state index contributed by atoms with van der Waals surface area (Å²) < 4.78 is 0. The minimum absolute atomic E-state index is 0.0725. The smallest absolute Gasteiger partial charge is 0.194 e. The highest BCUT2D eigenvalue weighted by Crippen LogP contribution is 2.20. The highest BCUT2D eigenvalue weighted by Gasteiger charge is 2.31. The quantitative estimate of drug-likeness (QED) is 0.827. The van der Waals surface area contributed by atoms with Crippen molar-refractivity contribution in [1.82, 2.24) is 0 Å². The Morgan fingerprint density at radius 1 is 0.905 bits per heavy atom. The maximum Gasteiger partial charge on any atom is 0.194 e. The second-order valence-corrected chi connectivity index (χ2v) is 5.26. The molecule has 108 valence electrons. The number of rotatable bonds is 6. The number of benzene rings is 2. The Bertz CT molecular complexity index is 615. The van der Waals surface area contributed by atoms with Gasteiger partial charge in [0.05, 0.1) is 0 Å². The molecule has 0 fully saturated rings. The lowest BCUT2D eigenvalue weighted by atomic mass is 9.89. The molecule has 2 aromatic rings. The van der Waals surface area contributed by atoms with Crippen LogP contribution in [0.1, 0.15) is 40.5 Å². The van der Waals surface area contributed by atoms with Crippen molar-refractivity contribution in [3.05, 3.63) is 71.8 Å². The van der Waals surface area contributed by atoms with E-state index in [9.17, 15) is 14.7 Å². The summed E-state index contributed by atoms with van der Waals surface area (Å²) in [4.78, 5) is 24.3. The van der Waals surface area contributed by atoms with Crippen molar-refractivity contribution in [3.63, 3.8) is 0 Å². The first-order chi connectivity index (χ1) is 10.0. The molecule has 1 N–H and O–H groups in total. The second-order valence-electron chi connectivity index (χ2n) is 5.26. The van der Waals surface area contributed by atoms with E-state index in [1.807, 2.05) is 12.1 Å². The Morgan fingerprint density at radius 2 is 1.38 bits per heavy atom. The van der Waals surface area contributed by atoms with Gasteiger partial charge in [-0.25, -0.2) is 0 Å². The third kappa shape index (κ3) is 3.86. The monoisotopic (exact) mass is 282 g/mol. The predicted octanol–water partition coefficient (Wildman–Crippen LogP) is 3.28. The summed E-state index contributed by atoms with van der Waals surface area (Å²) >= 11 is 0. The number of carbonyl (C=O) groups is 2. The molecule has 0 aromatic heterocycles. The minimum atomic E-state index is -1.54. The normalized spacial score (nSPS) is 13.4. The van der Waals surface area contributed by atoms with Gasteiger partial charge in [0.15, 0.2) is 11.6 Å². The van der Waals surface area contributed by atoms with Crippen LogP contribution in [-0.4, -0.2) is 22.3 Å². The van der Waals surface area contributed by atoms with Crippen LogP contribution < -0.4 is 0 Å². The summed E-state index contributed by atoms with van der Waals surface area (Å²) in [5.41, 5.74) is -0.485. The third-order valence-corrected chi connectivity index (χ3v) is 3.46. The van der Waals surface area contributed by atoms with Crippen LogP contribution in [0.5, 0.6) is 0 Å². The fourth-order valence-corrected chi connectivity index (χ4v) is 2.14. The minimum Gasteiger partial charge on any atom is -0.382 e. The molecule has 3 nitrogen and oxygen atoms in total. The van der Waals surface area contributed by atoms with Crippen molar-refractivity contribution in [2.75, 3.05) is 0 Å². The first kappa shape index (κ1) is 15.1. The van der Waals surface area contributed by atoms with Crippen molar-refractivity contribution in [2.24, 2.45) is 0 Å². The molecule has 0 bridgehead atoms. The fourth-order valence-electron chi connectivity index (χ4n) is 2.14. The van der Waals surface area contributed by atoms with Gasteiger partial charge in [0.25, 0.3) is 0 Å². The van der Waals surface area contributed by atoms with Gasteiger partial charge in [-0.05, 0) is 13.3 Å². The van der Waals surface area contributed by atoms with Gasteiger partial charge < -0.3 is 5.11 Å². The molecular weight excluding hydrogens is 264 g/mol. The van der Waals surface area contributed by atoms with Gasteiger partial charge in [0, 0.05) is 17.5 Å². The van der Waals surface area contributed by atoms with Crippen LogP contribution in [0.25, 0.3) is 0 Å². The van der Waals surface area contributed by atoms with Gasteiger partial charge in [-0.1, -0.05) is 60.7 Å². The van der Waals surface area contributed by atoms with E-state index in [4.69, 9.17) is 0 Å². The maximum absolute atomic E-state index is 12.3. The standard InChI is InChI=1S/C18H18O3/c1-18(21,17(20)15-10-6-3-7-11-15)13-12-16(19)14-8-4-2-5-9-14/h2-11,21H,12-13H2,1H3. The summed E-state index contributed by atoms with van der Waals surface area (Å²) in [5, 5.41) is 10.3. The van der Waals surface area contributed by atoms with Crippen LogP contribution in [0.4, 0.5) is 0 Å². The van der Waals surface area contributed by atoms with Crippen LogP contribution in [0.2, 0.25) is 0 Å². The number of hydrogen-bond acceptors (Lipinski definition) is 3. The molecule has 21 heavy (non-hydrogen) atoms. The lowest BCUT2D eigenvalue weighted by Crippen LogP contribution is -2.35. The highest BCUT2D eigenvalue weighted by atomic mass is 16.3. The summed E-state index contributed by atoms with van der Waals surface area (Å²) in [6.07, 6.45) is 0.240. The zero-order valence-corrected chi connectivity index (χ0v) is 12.0. The molecule has 2 rings (SSSR count). The molecule has 0 aliphatic rings. The van der Waals surface area contributed by atoms with Crippen LogP contribution >= 0.6 is 0 Å². The molecule has 0 saturated carbocycles. The number of ketones is 2. The Morgan fingerprint density at radius 3 is 1.90 bits per heavy atom. The molecule has 0 aliphatic carbocycles. The zero-order valence-electron chi connectivity index (χ0n) is 12.0. The highest BCUT2D eigenvalue weighted by molar-refractivity contribution is 6.03. The molecule has 3 heteroatoms. The van der Waals surface area contributed by atoms with Crippen molar-refractivity contribution in [2.45, 2.75) is 25.4 Å². The lowest BCUT2D eigenvalue weighted by molar-refractivity contribution is 0.0356. The molecule has 0 saturated heterocycles. The molecule has 0 spiro atoms. The summed E-state index contributed by atoms with van der Waals surface area (Å²) in [6, 6.07) is 17.5. The second kappa shape index (κ2) is 6.46. The van der Waals surface area contributed by atoms with Gasteiger partial charge in [-0.15, -0.1) is 0 Å². The average molecular weight is 282 g/mol. The summed E-state index contributed by atoms with van der Waals surface area (Å²) in [5.74, 6) is -0.430. The van der Waals surface area contributed by atoms with E-state index in [-0.39, 0.29) is 24.4 Å². The van der Waals surface area contributed by atoms with Gasteiger partial charge in [-0.2, -0.15) is 0 Å². The zero-order chi connectivity index (χ0) is 15.3. The molecule has 1 atom stereocenters. The third-order valence-electron chi connectivity index (χ3n) is 3.46. The molecule has 1 unspecified atom stereocenters. The summed E-state index contributed by atoms with van der Waals surface area (Å²) in [6.45, 7) is 1.46. The SMILES string of the molecule is CC(O)(CCC(=O)c1ccccc1)C(=O)c1ccccc1. The molecular formula is C18H18O3. The molecule has 0 amide bonds. The predicted molar refractivity (Wildman–Crippen MR) is 81.4 cm³/mol. The fraction of sp³-hybridized carbons (Fsp3) is 0.222. The molecule has 0 heterocycles. The molecule has 0 aliphatic heterocycles. The van der Waals surface area contributed by atoms with E-state index in [0.717, 1.165) is 0 Å². The number of carbonyl (C=O) groups excluding carboxylic acids is 2. The lowest BCUT2D eigenvalue weighted by Gasteiger charge is -2.21. The van der Waals surface area contributed by atoms with Crippen LogP contribution in [0.3, 0.4) is 0 Å². The van der Waals surface area contributed by atoms with E-state index < -0.39 is 5.60 Å².